The van der Waals surface area contributed by atoms with Crippen molar-refractivity contribution < 1.29 is 60.5 Å². The number of aliphatic hydroxyl groups is 1. The lowest BCUT2D eigenvalue weighted by Crippen LogP contribution is -2.44. The fourth-order valence-electron chi connectivity index (χ4n) is 16.6. The number of anilines is 3. The zero-order chi connectivity index (χ0) is 105. The number of aliphatic hydroxyl groups excluding tert-OH is 1. The number of carbonyl (C=O) groups excluding carboxylic acids is 3. The average molecular weight is 2150 g/mol. The second-order valence-corrected chi connectivity index (χ2v) is 54.2. The first-order chi connectivity index (χ1) is 71.0. The van der Waals surface area contributed by atoms with Crippen molar-refractivity contribution in [3.8, 4) is 71.2 Å². The van der Waals surface area contributed by atoms with Gasteiger partial charge >= 0.3 is 0 Å². The lowest BCUT2D eigenvalue weighted by Gasteiger charge is -2.38. The maximum Gasteiger partial charge on any atom is 0.230 e. The lowest BCUT2D eigenvalue weighted by atomic mass is 10.1. The van der Waals surface area contributed by atoms with Crippen LogP contribution in [-0.4, -0.2) is 149 Å². The SMILES string of the molecule is C.C1CCOC1.CC(C)(C)[Si](C)(C)O[C@H]1CCN(Cc2ccc(-c3cc4nccc(Oc5ccc(N)cc5F)c4s3)cc2)C1.CC(C)(C)[Si](C)(C)O[C@H]1CCN(Cc2ccc(-c3cc4nccc(Oc5ccc(NC(=S)NC(=O)Cc6ccccc6)cc5F)c4s3)cc2)C1.N#CSC(=O)Cc1ccccc1.O=C(Cc1ccccc1)NC(=S)Nc1ccc(Oc2ccnc3cc(-c4ccc(CN5CC[C@H](O)C5)cc4)sc23)c(F)c1. The summed E-state index contributed by atoms with van der Waals surface area (Å²) in [5, 5.41) is 31.2. The molecule has 0 saturated carbocycles. The van der Waals surface area contributed by atoms with Gasteiger partial charge in [-0.1, -0.05) is 213 Å². The first-order valence-electron chi connectivity index (χ1n) is 49.4. The Balaban J connectivity index is 0.000000163. The van der Waals surface area contributed by atoms with Crippen LogP contribution < -0.4 is 41.2 Å². The van der Waals surface area contributed by atoms with Gasteiger partial charge in [0.2, 0.25) is 16.9 Å². The minimum Gasteiger partial charge on any atom is -0.453 e. The summed E-state index contributed by atoms with van der Waals surface area (Å²) in [5.41, 5.74) is 18.9. The number of hydrogen-bond acceptors (Lipinski definition) is 24. The van der Waals surface area contributed by atoms with E-state index in [1.54, 1.807) is 89.1 Å². The van der Waals surface area contributed by atoms with Crippen molar-refractivity contribution in [3.05, 3.63) is 324 Å². The van der Waals surface area contributed by atoms with E-state index in [2.05, 4.69) is 198 Å². The van der Waals surface area contributed by atoms with E-state index >= 15 is 8.78 Å². The van der Waals surface area contributed by atoms with Crippen LogP contribution in [0, 0.1) is 28.1 Å². The molecule has 149 heavy (non-hydrogen) atoms. The molecule has 7 N–H and O–H groups in total. The number of halogens is 3. The van der Waals surface area contributed by atoms with Gasteiger partial charge in [-0.3, -0.25) is 44.0 Å². The van der Waals surface area contributed by atoms with Crippen molar-refractivity contribution in [2.75, 3.05) is 68.8 Å². The van der Waals surface area contributed by atoms with Crippen molar-refractivity contribution in [3.63, 3.8) is 0 Å². The fraction of sp³-hybridized carbons (Fsp3) is 0.302. The van der Waals surface area contributed by atoms with Crippen LogP contribution in [-0.2, 0) is 66.9 Å². The molecule has 0 radical (unpaired) electrons. The van der Waals surface area contributed by atoms with Gasteiger partial charge in [-0.05, 0) is 197 Å². The first kappa shape index (κ1) is 112. The molecule has 2 amide bonds. The van der Waals surface area contributed by atoms with Gasteiger partial charge in [0.15, 0.2) is 61.6 Å². The van der Waals surface area contributed by atoms with Crippen molar-refractivity contribution in [1.29, 1.82) is 5.26 Å². The fourth-order valence-corrected chi connectivity index (χ4v) is 23.4. The van der Waals surface area contributed by atoms with E-state index in [9.17, 15) is 23.9 Å². The summed E-state index contributed by atoms with van der Waals surface area (Å²) in [6.45, 7) is 33.5. The molecule has 0 spiro atoms. The first-order valence-corrected chi connectivity index (χ1v) is 59.3. The van der Waals surface area contributed by atoms with Crippen LogP contribution in [0.25, 0.3) is 62.0 Å². The number of nitrogens with zero attached hydrogens (tertiary/aromatic N) is 7. The number of thiophene rings is 3. The van der Waals surface area contributed by atoms with E-state index in [1.807, 2.05) is 103 Å². The van der Waals surface area contributed by atoms with Gasteiger partial charge in [0.25, 0.3) is 0 Å². The Morgan fingerprint density at radius 1 is 0.463 bits per heavy atom. The van der Waals surface area contributed by atoms with Gasteiger partial charge in [-0.2, -0.15) is 5.26 Å². The Morgan fingerprint density at radius 2 is 0.805 bits per heavy atom. The lowest BCUT2D eigenvalue weighted by molar-refractivity contribution is -0.119. The number of thiocyanates is 1. The van der Waals surface area contributed by atoms with Crippen LogP contribution in [0.2, 0.25) is 36.3 Å². The molecule has 0 unspecified atom stereocenters. The number of rotatable bonds is 27. The maximum absolute atomic E-state index is 15.2. The summed E-state index contributed by atoms with van der Waals surface area (Å²) in [6.07, 6.45) is 11.7. The summed E-state index contributed by atoms with van der Waals surface area (Å²) >= 11 is 15.9. The van der Waals surface area contributed by atoms with Crippen LogP contribution in [0.1, 0.15) is 114 Å². The normalized spacial score (nSPS) is 15.3. The molecular formula is C116H127F3N12O10S6Si2. The van der Waals surface area contributed by atoms with E-state index in [0.717, 1.165) is 163 Å². The molecule has 9 aromatic carbocycles. The van der Waals surface area contributed by atoms with Gasteiger partial charge < -0.3 is 59.9 Å². The van der Waals surface area contributed by atoms with E-state index in [-0.39, 0.29) is 80.9 Å². The number of likely N-dealkylation sites (tertiary alicyclic amines) is 3. The number of nitrogens with one attached hydrogen (secondary N) is 4. The second-order valence-electron chi connectivity index (χ2n) is 39.9. The number of ether oxygens (including phenoxy) is 4. The number of thiocarbonyl (C=S) groups is 2. The number of thioether (sulfide) groups is 1. The number of aromatic nitrogens is 3. The molecule has 22 nitrogen and oxygen atoms in total. The van der Waals surface area contributed by atoms with E-state index in [1.165, 1.54) is 71.2 Å². The van der Waals surface area contributed by atoms with Crippen LogP contribution >= 0.6 is 70.2 Å². The number of hydrogen-bond donors (Lipinski definition) is 6. The van der Waals surface area contributed by atoms with Gasteiger partial charge in [0, 0.05) is 177 Å². The predicted molar refractivity (Wildman–Crippen MR) is 613 cm³/mol. The third-order valence-electron chi connectivity index (χ3n) is 26.4. The van der Waals surface area contributed by atoms with E-state index in [0.29, 0.717) is 71.2 Å². The Labute approximate surface area is 899 Å². The molecule has 0 aliphatic carbocycles. The Morgan fingerprint density at radius 3 is 1.13 bits per heavy atom. The summed E-state index contributed by atoms with van der Waals surface area (Å²) in [6, 6.07) is 78.6. The van der Waals surface area contributed by atoms with E-state index < -0.39 is 34.1 Å². The molecule has 4 saturated heterocycles. The molecule has 4 aliphatic heterocycles. The zero-order valence-corrected chi connectivity index (χ0v) is 91.5. The van der Waals surface area contributed by atoms with Gasteiger partial charge in [0.05, 0.1) is 61.8 Å². The molecule has 776 valence electrons. The number of amides is 2. The number of benzene rings is 9. The quantitative estimate of drug-likeness (QED) is 0.0121. The molecule has 3 atom stereocenters. The van der Waals surface area contributed by atoms with Crippen LogP contribution in [0.15, 0.2) is 273 Å². The van der Waals surface area contributed by atoms with Crippen molar-refractivity contribution >= 4 is 162 Å². The number of nitrogens with two attached hydrogens (primary N) is 1. The second kappa shape index (κ2) is 52.4. The minimum atomic E-state index is -1.78. The maximum atomic E-state index is 15.2. The number of nitriles is 1. The molecule has 0 bridgehead atoms. The Hall–Kier alpha value is -12.3. The highest BCUT2D eigenvalue weighted by molar-refractivity contribution is 8.17. The number of pyridine rings is 3. The van der Waals surface area contributed by atoms with Crippen LogP contribution in [0.5, 0.6) is 34.5 Å². The molecule has 10 heterocycles. The Kier molecular flexibility index (Phi) is 39.5. The molecule has 4 fully saturated rings. The topological polar surface area (TPSA) is 273 Å². The van der Waals surface area contributed by atoms with E-state index in [4.69, 9.17) is 63.2 Å². The molecule has 33 heteroatoms. The van der Waals surface area contributed by atoms with Gasteiger partial charge in [-0.25, -0.2) is 13.2 Å². The van der Waals surface area contributed by atoms with Crippen molar-refractivity contribution in [1.82, 2.24) is 40.3 Å². The van der Waals surface area contributed by atoms with Crippen molar-refractivity contribution in [2.45, 2.75) is 175 Å². The monoisotopic (exact) mass is 2150 g/mol. The Bertz CT molecular complexity index is 7110. The number of β-amino-alcohol motifs (C(OH)–C–C–N with tert-alkyl or cyclic N) is 1. The number of carbonyl (C=O) groups is 3. The molecule has 4 aliphatic rings. The molecular weight excluding hydrogens is 2030 g/mol. The summed E-state index contributed by atoms with van der Waals surface area (Å²) in [7, 11) is -3.52. The van der Waals surface area contributed by atoms with Gasteiger partial charge in [0.1, 0.15) is 22.6 Å². The standard InChI is InChI=1S/C39H43FN4O3S2Si.C33H29FN4O3S2.C30H36FN3O2SSi.C9H7NOS.C4H8O.CH4/c1-39(2,3)50(4,5)47-30-18-20-44(25-30)24-27-11-13-28(14-12-27)35-23-32-37(49-35)34(17-19-41-32)46-33-16-15-29(22-31(33)40)42-38(48)43-36(45)21-26-9-7-6-8-10-26;34-26-17-24(36-33(42)37-31(40)16-21-4-2-1-3-5-21)10-11-28(26)41-29-12-14-35-27-18-30(43-32(27)29)23-8-6-22(7-9-23)19-38-15-13-25(39)20-38;1-30(2,3)38(4,5)36-23-13-15-34(19-23)18-20-6-8-21(9-7-20)28-17-25-29(37-28)27(12-14-33-25)35-26-11-10-22(32)16-24(26)31;10-7-12-9(11)6-8-4-2-1-3-5-8;1-2-4-5-3-1;/h6-17,19,22-23,30H,18,20-21,24-25H2,1-5H3,(H2,42,43,45,48);1-12,14,17-18,25,39H,13,15-16,19-20H2,(H2,36,37,40,42);6-12,14,16-17,23H,13,15,18-19,32H2,1-5H3;1-5H,6H2;1-4H2;1H4/t30-;25-;23-;;;/m000.../s1. The molecule has 15 aromatic rings. The average Bonchev–Trinajstić information content (AvgIpc) is 1.63. The summed E-state index contributed by atoms with van der Waals surface area (Å²) in [5.74, 6) is -0.275. The van der Waals surface area contributed by atoms with Gasteiger partial charge in [-0.15, -0.1) is 34.0 Å². The smallest absolute Gasteiger partial charge is 0.230 e. The highest BCUT2D eigenvalue weighted by Gasteiger charge is 2.42. The largest absolute Gasteiger partial charge is 0.453 e. The third kappa shape index (κ3) is 32.4. The predicted octanol–water partition coefficient (Wildman–Crippen LogP) is 27.5. The molecule has 6 aromatic heterocycles. The minimum absolute atomic E-state index is 0. The van der Waals surface area contributed by atoms with Crippen LogP contribution in [0.4, 0.5) is 30.2 Å². The number of fused-ring (bicyclic) bond motifs is 3. The van der Waals surface area contributed by atoms with Crippen molar-refractivity contribution in [2.24, 2.45) is 0 Å². The number of nitrogen functional groups attached to an aromatic ring is 1. The summed E-state index contributed by atoms with van der Waals surface area (Å²) in [4.78, 5) is 59.5. The molecule has 19 rings (SSSR count). The summed E-state index contributed by atoms with van der Waals surface area (Å²) < 4.78 is 83.4. The highest BCUT2D eigenvalue weighted by atomic mass is 32.2. The van der Waals surface area contributed by atoms with Crippen LogP contribution in [0.3, 0.4) is 0 Å². The highest BCUT2D eigenvalue weighted by Crippen LogP contribution is 2.46. The third-order valence-corrected chi connectivity index (χ3v) is 39.9. The zero-order valence-electron chi connectivity index (χ0n) is 84.6.